The molecule has 0 saturated carbocycles. The van der Waals surface area contributed by atoms with Crippen LogP contribution < -0.4 is 43.4 Å². The highest BCUT2D eigenvalue weighted by molar-refractivity contribution is 5.97. The van der Waals surface area contributed by atoms with Crippen LogP contribution in [0.1, 0.15) is 57.8 Å². The van der Waals surface area contributed by atoms with Gasteiger partial charge in [0.15, 0.2) is 0 Å². The first kappa shape index (κ1) is 47.7. The maximum absolute atomic E-state index is 13.6. The van der Waals surface area contributed by atoms with Crippen LogP contribution in [-0.2, 0) is 46.4 Å². The van der Waals surface area contributed by atoms with E-state index in [-0.39, 0.29) is 38.1 Å². The molecule has 318 valence electrons. The molecule has 0 saturated heterocycles. The number of aromatic nitrogens is 4. The van der Waals surface area contributed by atoms with Gasteiger partial charge in [-0.25, -0.2) is 14.8 Å². The summed E-state index contributed by atoms with van der Waals surface area (Å²) in [6.07, 6.45) is 4.78. The molecule has 0 aliphatic heterocycles. The number of carboxylic acid groups (broad SMARTS) is 1. The number of aliphatic hydroxyl groups excluding tert-OH is 3. The van der Waals surface area contributed by atoms with Crippen molar-refractivity contribution in [3.05, 3.63) is 36.4 Å². The molecule has 16 N–H and O–H groups in total. The van der Waals surface area contributed by atoms with Crippen molar-refractivity contribution >= 4 is 41.4 Å². The van der Waals surface area contributed by atoms with E-state index in [4.69, 9.17) is 11.5 Å². The van der Waals surface area contributed by atoms with Crippen molar-refractivity contribution in [2.45, 2.75) is 108 Å². The number of carboxylic acids is 1. The van der Waals surface area contributed by atoms with Crippen molar-refractivity contribution in [2.24, 2.45) is 17.4 Å². The first-order valence-corrected chi connectivity index (χ1v) is 18.4. The van der Waals surface area contributed by atoms with Crippen molar-refractivity contribution in [3.8, 4) is 0 Å². The summed E-state index contributed by atoms with van der Waals surface area (Å²) in [6, 6.07) is -10.1. The van der Waals surface area contributed by atoms with Crippen LogP contribution in [0.3, 0.4) is 0 Å². The van der Waals surface area contributed by atoms with E-state index in [2.05, 4.69) is 51.8 Å². The molecule has 0 spiro atoms. The average Bonchev–Trinajstić information content (AvgIpc) is 3.88. The van der Waals surface area contributed by atoms with E-state index in [1.54, 1.807) is 13.8 Å². The first-order valence-electron chi connectivity index (χ1n) is 18.4. The van der Waals surface area contributed by atoms with Crippen LogP contribution in [0.25, 0.3) is 0 Å². The lowest BCUT2D eigenvalue weighted by atomic mass is 10.0. The minimum absolute atomic E-state index is 0.0155. The van der Waals surface area contributed by atoms with Crippen LogP contribution >= 0.6 is 0 Å². The van der Waals surface area contributed by atoms with E-state index in [1.165, 1.54) is 32.0 Å². The predicted molar refractivity (Wildman–Crippen MR) is 200 cm³/mol. The second-order valence-corrected chi connectivity index (χ2v) is 13.8. The van der Waals surface area contributed by atoms with E-state index in [9.17, 15) is 54.0 Å². The molecule has 2 rings (SSSR count). The van der Waals surface area contributed by atoms with Crippen molar-refractivity contribution in [1.29, 1.82) is 0 Å². The summed E-state index contributed by atoms with van der Waals surface area (Å²) >= 11 is 0. The Morgan fingerprint density at radius 1 is 0.667 bits per heavy atom. The summed E-state index contributed by atoms with van der Waals surface area (Å²) in [7, 11) is 0. The van der Waals surface area contributed by atoms with E-state index < -0.39 is 103 Å². The smallest absolute Gasteiger partial charge is 0.326 e. The molecule has 2 aromatic rings. The third kappa shape index (κ3) is 16.3. The van der Waals surface area contributed by atoms with Crippen LogP contribution in [0.5, 0.6) is 0 Å². The Hall–Kier alpha value is -5.49. The first-order chi connectivity index (χ1) is 27.0. The molecule has 0 bridgehead atoms. The molecule has 57 heavy (non-hydrogen) atoms. The number of carbonyl (C=O) groups excluding carboxylic acids is 6. The quantitative estimate of drug-likeness (QED) is 0.0395. The van der Waals surface area contributed by atoms with Gasteiger partial charge in [-0.2, -0.15) is 0 Å². The third-order valence-corrected chi connectivity index (χ3v) is 8.54. The minimum atomic E-state index is -1.67. The second-order valence-electron chi connectivity index (χ2n) is 13.8. The molecular weight excluding hydrogens is 752 g/mol. The molecule has 0 unspecified atom stereocenters. The maximum Gasteiger partial charge on any atom is 0.326 e. The van der Waals surface area contributed by atoms with Gasteiger partial charge < -0.3 is 73.8 Å². The number of nitrogens with one attached hydrogen (secondary N) is 8. The minimum Gasteiger partial charge on any atom is -0.480 e. The SMILES string of the molecule is CC(C)C[C@H](NC(=O)[C@H](CO)NC(=O)[C@H](CO)NC(=O)[C@@H](N)Cc1cnc[nH]1)C(=O)N[C@H](C(=O)N[C@@H](CCCCN)C(=O)N[C@@H](Cc1cnc[nH]1)C(=O)O)[C@@H](C)O. The van der Waals surface area contributed by atoms with E-state index in [0.29, 0.717) is 24.2 Å². The Balaban J connectivity index is 2.15. The summed E-state index contributed by atoms with van der Waals surface area (Å²) in [5, 5.41) is 54.2. The topological polar surface area (TPSA) is 382 Å². The van der Waals surface area contributed by atoms with Gasteiger partial charge in [0.05, 0.1) is 38.0 Å². The average molecular weight is 809 g/mol. The number of nitrogens with two attached hydrogens (primary N) is 2. The largest absolute Gasteiger partial charge is 0.480 e. The summed E-state index contributed by atoms with van der Waals surface area (Å²) in [5.74, 6) is -7.25. The summed E-state index contributed by atoms with van der Waals surface area (Å²) in [6.45, 7) is 3.07. The van der Waals surface area contributed by atoms with Gasteiger partial charge in [-0.15, -0.1) is 0 Å². The number of amides is 6. The fourth-order valence-electron chi connectivity index (χ4n) is 5.41. The Labute approximate surface area is 328 Å². The van der Waals surface area contributed by atoms with Crippen LogP contribution in [0.15, 0.2) is 25.0 Å². The lowest BCUT2D eigenvalue weighted by molar-refractivity contribution is -0.142. The number of imidazole rings is 2. The molecule has 8 atom stereocenters. The number of hydrogen-bond acceptors (Lipinski definition) is 14. The van der Waals surface area contributed by atoms with Crippen molar-refractivity contribution in [3.63, 3.8) is 0 Å². The van der Waals surface area contributed by atoms with Gasteiger partial charge >= 0.3 is 5.97 Å². The van der Waals surface area contributed by atoms with E-state index in [1.807, 2.05) is 0 Å². The molecule has 23 nitrogen and oxygen atoms in total. The molecule has 0 fully saturated rings. The zero-order valence-electron chi connectivity index (χ0n) is 32.1. The third-order valence-electron chi connectivity index (χ3n) is 8.54. The van der Waals surface area contributed by atoms with Gasteiger partial charge in [0.1, 0.15) is 36.3 Å². The number of aliphatic carboxylic acids is 1. The Morgan fingerprint density at radius 2 is 1.14 bits per heavy atom. The van der Waals surface area contributed by atoms with Crippen LogP contribution in [0, 0.1) is 5.92 Å². The van der Waals surface area contributed by atoms with Crippen LogP contribution in [0.4, 0.5) is 0 Å². The highest BCUT2D eigenvalue weighted by Crippen LogP contribution is 2.09. The number of hydrogen-bond donors (Lipinski definition) is 14. The maximum atomic E-state index is 13.6. The predicted octanol–water partition coefficient (Wildman–Crippen LogP) is -5.22. The lowest BCUT2D eigenvalue weighted by Crippen LogP contribution is -2.62. The van der Waals surface area contributed by atoms with E-state index in [0.717, 1.165) is 0 Å². The molecule has 0 aliphatic carbocycles. The van der Waals surface area contributed by atoms with Crippen molar-refractivity contribution in [1.82, 2.24) is 51.8 Å². The zero-order valence-corrected chi connectivity index (χ0v) is 32.1. The van der Waals surface area contributed by atoms with Gasteiger partial charge in [-0.05, 0) is 45.1 Å². The molecule has 0 aliphatic rings. The van der Waals surface area contributed by atoms with Gasteiger partial charge in [0, 0.05) is 36.6 Å². The van der Waals surface area contributed by atoms with Gasteiger partial charge in [-0.1, -0.05) is 13.8 Å². The lowest BCUT2D eigenvalue weighted by Gasteiger charge is -2.28. The monoisotopic (exact) mass is 808 g/mol. The van der Waals surface area contributed by atoms with E-state index >= 15 is 0 Å². The number of unbranched alkanes of at least 4 members (excludes halogenated alkanes) is 1. The Kier molecular flexibility index (Phi) is 20.2. The number of carbonyl (C=O) groups is 7. The highest BCUT2D eigenvalue weighted by atomic mass is 16.4. The van der Waals surface area contributed by atoms with Crippen molar-refractivity contribution in [2.75, 3.05) is 19.8 Å². The molecule has 2 heterocycles. The van der Waals surface area contributed by atoms with Crippen molar-refractivity contribution < 1.29 is 54.0 Å². The normalized spacial score (nSPS) is 15.5. The molecule has 0 aromatic carbocycles. The summed E-state index contributed by atoms with van der Waals surface area (Å²) < 4.78 is 0. The fourth-order valence-corrected chi connectivity index (χ4v) is 5.41. The number of nitrogens with zero attached hydrogens (tertiary/aromatic N) is 2. The number of aliphatic hydroxyl groups is 3. The van der Waals surface area contributed by atoms with Gasteiger partial charge in [0.2, 0.25) is 35.4 Å². The van der Waals surface area contributed by atoms with Gasteiger partial charge in [0.25, 0.3) is 0 Å². The molecule has 2 aromatic heterocycles. The molecule has 6 amide bonds. The fraction of sp³-hybridized carbons (Fsp3) is 0.618. The summed E-state index contributed by atoms with van der Waals surface area (Å²) in [4.78, 5) is 104. The number of H-pyrrole nitrogens is 2. The standard InChI is InChI=1S/C34H56N12O11/c1-17(2)8-23(42-31(53)26(14-48)45-32(54)25(13-47)44-28(50)21(36)9-19-11-37-15-39-19)30(52)46-27(18(3)49)33(55)41-22(6-4-5-7-35)29(51)43-24(34(56)57)10-20-12-38-16-40-20/h11-12,15-18,21-27,47-49H,4-10,13-14,35-36H2,1-3H3,(H,37,39)(H,38,40)(H,41,55)(H,42,53)(H,43,51)(H,44,50)(H,45,54)(H,46,52)(H,56,57)/t18-,21+,22+,23+,24+,25+,26+,27+/m1/s1. The van der Waals surface area contributed by atoms with Gasteiger partial charge in [-0.3, -0.25) is 28.8 Å². The molecule has 23 heteroatoms. The Morgan fingerprint density at radius 3 is 1.61 bits per heavy atom. The number of aromatic amines is 2. The molecular formula is C34H56N12O11. The van der Waals surface area contributed by atoms with Crippen LogP contribution in [0.2, 0.25) is 0 Å². The Bertz CT molecular complexity index is 1590. The van der Waals surface area contributed by atoms with Crippen LogP contribution in [-0.4, -0.2) is 150 Å². The zero-order chi connectivity index (χ0) is 42.7. The number of rotatable bonds is 26. The summed E-state index contributed by atoms with van der Waals surface area (Å²) in [5.41, 5.74) is 12.5. The highest BCUT2D eigenvalue weighted by Gasteiger charge is 2.35. The second kappa shape index (κ2) is 24.2. The molecule has 0 radical (unpaired) electrons.